The molecule has 0 atom stereocenters. The van der Waals surface area contributed by atoms with Gasteiger partial charge in [0.2, 0.25) is 0 Å². The Kier molecular flexibility index (Phi) is 7.14. The first-order valence-corrected chi connectivity index (χ1v) is 9.35. The quantitative estimate of drug-likeness (QED) is 0.724. The van der Waals surface area contributed by atoms with Crippen LogP contribution >= 0.6 is 0 Å². The molecule has 0 radical (unpaired) electrons. The Morgan fingerprint density at radius 1 is 1.23 bits per heavy atom. The Labute approximate surface area is 155 Å². The van der Waals surface area contributed by atoms with E-state index in [1.54, 1.807) is 12.3 Å². The lowest BCUT2D eigenvalue weighted by Crippen LogP contribution is -2.34. The van der Waals surface area contributed by atoms with Crippen LogP contribution in [0.4, 0.5) is 0 Å². The molecule has 1 aliphatic heterocycles. The maximum Gasteiger partial charge on any atom is 0.357 e. The van der Waals surface area contributed by atoms with Crippen LogP contribution in [0.2, 0.25) is 0 Å². The number of esters is 2. The Bertz CT molecular complexity index is 599. The largest absolute Gasteiger partial charge is 0.466 e. The Morgan fingerprint density at radius 2 is 1.92 bits per heavy atom. The lowest BCUT2D eigenvalue weighted by Gasteiger charge is -2.31. The highest BCUT2D eigenvalue weighted by atomic mass is 16.6. The first kappa shape index (κ1) is 20.4. The summed E-state index contributed by atoms with van der Waals surface area (Å²) in [6.45, 7) is 10.5. The van der Waals surface area contributed by atoms with E-state index < -0.39 is 11.6 Å². The average Bonchev–Trinajstić information content (AvgIpc) is 2.59. The first-order valence-electron chi connectivity index (χ1n) is 9.35. The monoisotopic (exact) mass is 362 g/mol. The molecule has 0 unspecified atom stereocenters. The third-order valence-corrected chi connectivity index (χ3v) is 4.39. The van der Waals surface area contributed by atoms with Crippen molar-refractivity contribution in [2.24, 2.45) is 0 Å². The number of rotatable bonds is 6. The number of carbonyl (C=O) groups is 2. The first-order chi connectivity index (χ1) is 12.3. The molecule has 2 rings (SSSR count). The van der Waals surface area contributed by atoms with Crippen molar-refractivity contribution in [3.63, 3.8) is 0 Å². The highest BCUT2D eigenvalue weighted by Crippen LogP contribution is 2.27. The van der Waals surface area contributed by atoms with Crippen LogP contribution in [-0.2, 0) is 14.3 Å². The van der Waals surface area contributed by atoms with Crippen LogP contribution in [0, 0.1) is 0 Å². The van der Waals surface area contributed by atoms with Crippen molar-refractivity contribution in [2.75, 3.05) is 26.2 Å². The van der Waals surface area contributed by atoms with Gasteiger partial charge < -0.3 is 14.4 Å². The second kappa shape index (κ2) is 9.12. The van der Waals surface area contributed by atoms with Gasteiger partial charge in [0.05, 0.1) is 13.0 Å². The lowest BCUT2D eigenvalue weighted by molar-refractivity contribution is -0.143. The molecule has 1 fully saturated rings. The summed E-state index contributed by atoms with van der Waals surface area (Å²) in [7, 11) is 0. The molecule has 144 valence electrons. The molecule has 0 aliphatic carbocycles. The normalized spacial score (nSPS) is 16.3. The molecule has 0 amide bonds. The molecule has 0 N–H and O–H groups in total. The second-order valence-corrected chi connectivity index (χ2v) is 7.65. The Hall–Kier alpha value is -1.95. The fourth-order valence-electron chi connectivity index (χ4n) is 3.07. The predicted molar refractivity (Wildman–Crippen MR) is 99.1 cm³/mol. The van der Waals surface area contributed by atoms with Crippen molar-refractivity contribution in [3.8, 4) is 0 Å². The molecule has 1 aromatic heterocycles. The molecule has 6 heteroatoms. The summed E-state index contributed by atoms with van der Waals surface area (Å²) >= 11 is 0. The van der Waals surface area contributed by atoms with Crippen LogP contribution in [0.1, 0.15) is 68.9 Å². The predicted octanol–water partition coefficient (Wildman–Crippen LogP) is 3.17. The van der Waals surface area contributed by atoms with Gasteiger partial charge in [-0.2, -0.15) is 0 Å². The molecule has 26 heavy (non-hydrogen) atoms. The molecular formula is C20H30N2O4. The fraction of sp³-hybridized carbons (Fsp3) is 0.650. The summed E-state index contributed by atoms with van der Waals surface area (Å²) in [6.07, 6.45) is 4.29. The maximum absolute atomic E-state index is 12.0. The highest BCUT2D eigenvalue weighted by Gasteiger charge is 2.23. The number of hydrogen-bond acceptors (Lipinski definition) is 6. The molecule has 1 saturated heterocycles. The van der Waals surface area contributed by atoms with Crippen LogP contribution in [0.25, 0.3) is 0 Å². The summed E-state index contributed by atoms with van der Waals surface area (Å²) in [6, 6.07) is 3.72. The van der Waals surface area contributed by atoms with Crippen molar-refractivity contribution in [1.29, 1.82) is 0 Å². The molecular weight excluding hydrogens is 332 g/mol. The lowest BCUT2D eigenvalue weighted by atomic mass is 9.90. The molecule has 1 aromatic rings. The average molecular weight is 362 g/mol. The van der Waals surface area contributed by atoms with Crippen molar-refractivity contribution in [3.05, 3.63) is 29.6 Å². The zero-order valence-corrected chi connectivity index (χ0v) is 16.3. The SMILES string of the molecule is CCOC(=O)CCN1CCC(c2ccc(C(=O)OC(C)(C)C)nc2)CC1. The minimum atomic E-state index is -0.520. The van der Waals surface area contributed by atoms with Crippen LogP contribution in [0.3, 0.4) is 0 Å². The van der Waals surface area contributed by atoms with Gasteiger partial charge in [-0.15, -0.1) is 0 Å². The van der Waals surface area contributed by atoms with Crippen LogP contribution in [-0.4, -0.2) is 53.7 Å². The van der Waals surface area contributed by atoms with Crippen molar-refractivity contribution >= 4 is 11.9 Å². The number of ether oxygens (including phenoxy) is 2. The minimum Gasteiger partial charge on any atom is -0.466 e. The van der Waals surface area contributed by atoms with Crippen molar-refractivity contribution < 1.29 is 19.1 Å². The zero-order valence-electron chi connectivity index (χ0n) is 16.3. The van der Waals surface area contributed by atoms with Gasteiger partial charge in [-0.25, -0.2) is 9.78 Å². The van der Waals surface area contributed by atoms with E-state index in [2.05, 4.69) is 9.88 Å². The topological polar surface area (TPSA) is 68.7 Å². The zero-order chi connectivity index (χ0) is 19.2. The summed E-state index contributed by atoms with van der Waals surface area (Å²) < 4.78 is 10.3. The van der Waals surface area contributed by atoms with Gasteiger partial charge in [0.1, 0.15) is 11.3 Å². The third-order valence-electron chi connectivity index (χ3n) is 4.39. The maximum atomic E-state index is 12.0. The fourth-order valence-corrected chi connectivity index (χ4v) is 3.07. The van der Waals surface area contributed by atoms with Crippen LogP contribution in [0.15, 0.2) is 18.3 Å². The summed E-state index contributed by atoms with van der Waals surface area (Å²) in [5.74, 6) is -0.0802. The number of aromatic nitrogens is 1. The Balaban J connectivity index is 1.82. The summed E-state index contributed by atoms with van der Waals surface area (Å²) in [5.41, 5.74) is 0.978. The molecule has 0 aromatic carbocycles. The Morgan fingerprint density at radius 3 is 2.46 bits per heavy atom. The molecule has 2 heterocycles. The van der Waals surface area contributed by atoms with Gasteiger partial charge >= 0.3 is 11.9 Å². The number of pyridine rings is 1. The van der Waals surface area contributed by atoms with Crippen molar-refractivity contribution in [1.82, 2.24) is 9.88 Å². The number of carbonyl (C=O) groups excluding carboxylic acids is 2. The number of nitrogens with zero attached hydrogens (tertiary/aromatic N) is 2. The summed E-state index contributed by atoms with van der Waals surface area (Å²) in [4.78, 5) is 30.1. The molecule has 0 spiro atoms. The molecule has 6 nitrogen and oxygen atoms in total. The third kappa shape index (κ3) is 6.41. The van der Waals surface area contributed by atoms with Gasteiger partial charge in [-0.05, 0) is 71.2 Å². The molecule has 0 bridgehead atoms. The molecule has 1 aliphatic rings. The van der Waals surface area contributed by atoms with Crippen LogP contribution < -0.4 is 0 Å². The molecule has 0 saturated carbocycles. The van der Waals surface area contributed by atoms with Crippen molar-refractivity contribution in [2.45, 2.75) is 58.5 Å². The van der Waals surface area contributed by atoms with E-state index in [1.807, 2.05) is 33.8 Å². The number of likely N-dealkylation sites (tertiary alicyclic amines) is 1. The van der Waals surface area contributed by atoms with E-state index in [9.17, 15) is 9.59 Å². The van der Waals surface area contributed by atoms with E-state index in [4.69, 9.17) is 9.47 Å². The minimum absolute atomic E-state index is 0.128. The van der Waals surface area contributed by atoms with E-state index in [-0.39, 0.29) is 5.97 Å². The highest BCUT2D eigenvalue weighted by molar-refractivity contribution is 5.87. The number of hydrogen-bond donors (Lipinski definition) is 0. The van der Waals surface area contributed by atoms with E-state index in [0.29, 0.717) is 24.6 Å². The number of piperidine rings is 1. The van der Waals surface area contributed by atoms with Gasteiger partial charge in [-0.1, -0.05) is 6.07 Å². The standard InChI is InChI=1S/C20H30N2O4/c1-5-25-18(23)10-13-22-11-8-15(9-12-22)16-6-7-17(21-14-16)19(24)26-20(2,3)4/h6-7,14-15H,5,8-13H2,1-4H3. The smallest absolute Gasteiger partial charge is 0.357 e. The van der Waals surface area contributed by atoms with E-state index >= 15 is 0 Å². The summed E-state index contributed by atoms with van der Waals surface area (Å²) in [5, 5.41) is 0. The van der Waals surface area contributed by atoms with E-state index in [0.717, 1.165) is 38.0 Å². The van der Waals surface area contributed by atoms with E-state index in [1.165, 1.54) is 0 Å². The second-order valence-electron chi connectivity index (χ2n) is 7.65. The van der Waals surface area contributed by atoms with Gasteiger partial charge in [0.15, 0.2) is 0 Å². The van der Waals surface area contributed by atoms with Gasteiger partial charge in [0, 0.05) is 12.7 Å². The van der Waals surface area contributed by atoms with Crippen LogP contribution in [0.5, 0.6) is 0 Å². The van der Waals surface area contributed by atoms with Gasteiger partial charge in [0.25, 0.3) is 0 Å². The van der Waals surface area contributed by atoms with Gasteiger partial charge in [-0.3, -0.25) is 4.79 Å².